The van der Waals surface area contributed by atoms with E-state index >= 15 is 0 Å². The fraction of sp³-hybridized carbons (Fsp3) is 0.333. The van der Waals surface area contributed by atoms with Crippen LogP contribution in [0.2, 0.25) is 0 Å². The van der Waals surface area contributed by atoms with Crippen LogP contribution in [0.3, 0.4) is 0 Å². The van der Waals surface area contributed by atoms with E-state index in [1.807, 2.05) is 0 Å². The van der Waals surface area contributed by atoms with Crippen molar-refractivity contribution in [1.82, 2.24) is 0 Å². The van der Waals surface area contributed by atoms with Gasteiger partial charge in [0.1, 0.15) is 5.75 Å². The SMILES string of the molecule is COc1cccc([C@H](C)OS(=O)(=O)[O-])c1.[Na+]. The van der Waals surface area contributed by atoms with Crippen molar-refractivity contribution in [3.8, 4) is 5.75 Å². The van der Waals surface area contributed by atoms with Crippen LogP contribution in [-0.2, 0) is 14.6 Å². The zero-order valence-corrected chi connectivity index (χ0v) is 12.2. The molecule has 0 N–H and O–H groups in total. The van der Waals surface area contributed by atoms with Crippen molar-refractivity contribution in [2.24, 2.45) is 0 Å². The fourth-order valence-electron chi connectivity index (χ4n) is 1.13. The average molecular weight is 254 g/mol. The summed E-state index contributed by atoms with van der Waals surface area (Å²) >= 11 is 0. The molecular weight excluding hydrogens is 243 g/mol. The molecule has 5 nitrogen and oxygen atoms in total. The minimum Gasteiger partial charge on any atom is -0.726 e. The van der Waals surface area contributed by atoms with Gasteiger partial charge in [-0.25, -0.2) is 8.42 Å². The largest absolute Gasteiger partial charge is 1.00 e. The number of rotatable bonds is 4. The van der Waals surface area contributed by atoms with E-state index in [4.69, 9.17) is 4.74 Å². The molecule has 0 aliphatic carbocycles. The summed E-state index contributed by atoms with van der Waals surface area (Å²) in [5.41, 5.74) is 0.564. The summed E-state index contributed by atoms with van der Waals surface area (Å²) in [6.07, 6.45) is -0.817. The molecule has 0 saturated carbocycles. The zero-order chi connectivity index (χ0) is 11.5. The molecule has 1 aromatic carbocycles. The van der Waals surface area contributed by atoms with Crippen LogP contribution in [0.15, 0.2) is 24.3 Å². The molecule has 0 aliphatic heterocycles. The molecule has 0 aliphatic rings. The van der Waals surface area contributed by atoms with E-state index in [-0.39, 0.29) is 29.6 Å². The Morgan fingerprint density at radius 2 is 2.00 bits per heavy atom. The van der Waals surface area contributed by atoms with Crippen LogP contribution in [0.25, 0.3) is 0 Å². The second-order valence-electron chi connectivity index (χ2n) is 2.92. The quantitative estimate of drug-likeness (QED) is 0.361. The van der Waals surface area contributed by atoms with Gasteiger partial charge in [0.2, 0.25) is 10.4 Å². The zero-order valence-electron chi connectivity index (χ0n) is 9.34. The first-order valence-electron chi connectivity index (χ1n) is 4.20. The van der Waals surface area contributed by atoms with Crippen molar-refractivity contribution in [2.75, 3.05) is 7.11 Å². The Morgan fingerprint density at radius 3 is 2.50 bits per heavy atom. The van der Waals surface area contributed by atoms with Gasteiger partial charge >= 0.3 is 29.6 Å². The number of benzene rings is 1. The second kappa shape index (κ2) is 6.58. The predicted octanol–water partition coefficient (Wildman–Crippen LogP) is -1.76. The molecule has 0 bridgehead atoms. The van der Waals surface area contributed by atoms with Crippen LogP contribution in [-0.4, -0.2) is 20.1 Å². The van der Waals surface area contributed by atoms with Gasteiger partial charge in [-0.3, -0.25) is 4.18 Å². The maximum Gasteiger partial charge on any atom is 1.00 e. The third-order valence-corrected chi connectivity index (χ3v) is 2.35. The molecule has 1 aromatic rings. The summed E-state index contributed by atoms with van der Waals surface area (Å²) in [5, 5.41) is 0. The number of hydrogen-bond donors (Lipinski definition) is 0. The molecule has 1 rings (SSSR count). The number of hydrogen-bond acceptors (Lipinski definition) is 5. The van der Waals surface area contributed by atoms with Gasteiger partial charge in [-0.2, -0.15) is 0 Å². The Morgan fingerprint density at radius 1 is 1.38 bits per heavy atom. The smallest absolute Gasteiger partial charge is 0.726 e. The molecule has 0 aromatic heterocycles. The van der Waals surface area contributed by atoms with Gasteiger partial charge in [0.05, 0.1) is 13.2 Å². The third-order valence-electron chi connectivity index (χ3n) is 1.83. The van der Waals surface area contributed by atoms with Gasteiger partial charge < -0.3 is 9.29 Å². The molecule has 0 saturated heterocycles. The number of ether oxygens (including phenoxy) is 1. The summed E-state index contributed by atoms with van der Waals surface area (Å²) in [6.45, 7) is 1.48. The molecule has 16 heavy (non-hydrogen) atoms. The fourth-order valence-corrected chi connectivity index (χ4v) is 1.59. The van der Waals surface area contributed by atoms with Gasteiger partial charge in [0, 0.05) is 0 Å². The molecule has 7 heteroatoms. The maximum atomic E-state index is 10.4. The number of methoxy groups -OCH3 is 1. The van der Waals surface area contributed by atoms with Crippen LogP contribution >= 0.6 is 0 Å². The summed E-state index contributed by atoms with van der Waals surface area (Å²) in [6, 6.07) is 6.65. The molecule has 0 unspecified atom stereocenters. The predicted molar refractivity (Wildman–Crippen MR) is 52.2 cm³/mol. The molecule has 0 heterocycles. The normalized spacial score (nSPS) is 12.7. The van der Waals surface area contributed by atoms with E-state index in [1.165, 1.54) is 14.0 Å². The van der Waals surface area contributed by atoms with Gasteiger partial charge in [-0.1, -0.05) is 12.1 Å². The molecule has 0 radical (unpaired) electrons. The van der Waals surface area contributed by atoms with E-state index in [0.717, 1.165) is 0 Å². The Hall–Kier alpha value is -0.110. The first-order chi connectivity index (χ1) is 6.92. The average Bonchev–Trinajstić information content (AvgIpc) is 2.15. The van der Waals surface area contributed by atoms with E-state index in [1.54, 1.807) is 24.3 Å². The molecule has 84 valence electrons. The van der Waals surface area contributed by atoms with Crippen molar-refractivity contribution < 1.29 is 51.4 Å². The summed E-state index contributed by atoms with van der Waals surface area (Å²) in [4.78, 5) is 0. The van der Waals surface area contributed by atoms with Crippen molar-refractivity contribution in [1.29, 1.82) is 0 Å². The summed E-state index contributed by atoms with van der Waals surface area (Å²) < 4.78 is 40.3. The first kappa shape index (κ1) is 15.9. The van der Waals surface area contributed by atoms with Crippen molar-refractivity contribution in [3.63, 3.8) is 0 Å². The Labute approximate surface area is 117 Å². The third kappa shape index (κ3) is 5.29. The van der Waals surface area contributed by atoms with Crippen LogP contribution in [0.1, 0.15) is 18.6 Å². The van der Waals surface area contributed by atoms with E-state index in [2.05, 4.69) is 4.18 Å². The van der Waals surface area contributed by atoms with Crippen molar-refractivity contribution in [2.45, 2.75) is 13.0 Å². The second-order valence-corrected chi connectivity index (χ2v) is 3.93. The molecule has 0 spiro atoms. The Bertz CT molecular complexity index is 431. The summed E-state index contributed by atoms with van der Waals surface area (Å²) in [7, 11) is -3.19. The minimum absolute atomic E-state index is 0. The van der Waals surface area contributed by atoms with Gasteiger partial charge in [-0.15, -0.1) is 0 Å². The standard InChI is InChI=1S/C9H12O5S.Na/c1-7(14-15(10,11)12)8-4-3-5-9(6-8)13-2;/h3-7H,1-2H3,(H,10,11,12);/q;+1/p-1/t7-;/m0./s1. The molecular formula is C9H11NaO5S. The Kier molecular flexibility index (Phi) is 6.54. The van der Waals surface area contributed by atoms with Crippen molar-refractivity contribution >= 4 is 10.4 Å². The minimum atomic E-state index is -4.68. The van der Waals surface area contributed by atoms with Crippen LogP contribution in [0, 0.1) is 0 Å². The van der Waals surface area contributed by atoms with E-state index in [9.17, 15) is 13.0 Å². The monoisotopic (exact) mass is 254 g/mol. The van der Waals surface area contributed by atoms with Crippen molar-refractivity contribution in [3.05, 3.63) is 29.8 Å². The first-order valence-corrected chi connectivity index (χ1v) is 5.54. The Balaban J connectivity index is 0.00000225. The maximum absolute atomic E-state index is 10.4. The van der Waals surface area contributed by atoms with Crippen LogP contribution in [0.4, 0.5) is 0 Å². The van der Waals surface area contributed by atoms with Gasteiger partial charge in [0.15, 0.2) is 0 Å². The van der Waals surface area contributed by atoms with Crippen LogP contribution in [0.5, 0.6) is 5.75 Å². The molecule has 1 atom stereocenters. The van der Waals surface area contributed by atoms with E-state index < -0.39 is 16.5 Å². The summed E-state index contributed by atoms with van der Waals surface area (Å²) in [5.74, 6) is 0.575. The van der Waals surface area contributed by atoms with Gasteiger partial charge in [-0.05, 0) is 24.6 Å². The molecule has 0 amide bonds. The van der Waals surface area contributed by atoms with Gasteiger partial charge in [0.25, 0.3) is 0 Å². The molecule has 0 fully saturated rings. The van der Waals surface area contributed by atoms with E-state index in [0.29, 0.717) is 11.3 Å². The van der Waals surface area contributed by atoms with Crippen LogP contribution < -0.4 is 34.3 Å². The topological polar surface area (TPSA) is 75.7 Å².